The Morgan fingerprint density at radius 3 is 1.46 bits per heavy atom. The number of carbonyl (C=O) groups excluding carboxylic acids is 1. The van der Waals surface area contributed by atoms with Gasteiger partial charge in [-0.1, -0.05) is 0 Å². The summed E-state index contributed by atoms with van der Waals surface area (Å²) in [6, 6.07) is 0. The van der Waals surface area contributed by atoms with Gasteiger partial charge in [-0.2, -0.15) is 10.1 Å². The molecule has 0 saturated carbocycles. The van der Waals surface area contributed by atoms with E-state index < -0.39 is 0 Å². The topological polar surface area (TPSA) is 64.0 Å². The Morgan fingerprint density at radius 2 is 1.15 bits per heavy atom. The van der Waals surface area contributed by atoms with Crippen molar-refractivity contribution in [3.63, 3.8) is 0 Å². The van der Waals surface area contributed by atoms with Gasteiger partial charge in [0.25, 0.3) is 0 Å². The van der Waals surface area contributed by atoms with Gasteiger partial charge in [0.05, 0.1) is 0 Å². The van der Waals surface area contributed by atoms with Crippen LogP contribution in [0, 0.1) is 5.92 Å². The zero-order valence-corrected chi connectivity index (χ0v) is 18.5. The molecule has 2 saturated heterocycles. The first-order valence-corrected chi connectivity index (χ1v) is 9.99. The maximum absolute atomic E-state index is 11.1. The fourth-order valence-electron chi connectivity index (χ4n) is 5.01. The average molecular weight is 371 g/mol. The number of rotatable bonds is 2. The van der Waals surface area contributed by atoms with Crippen molar-refractivity contribution in [1.82, 2.24) is 10.1 Å². The summed E-state index contributed by atoms with van der Waals surface area (Å²) < 4.78 is 0. The minimum absolute atomic E-state index is 0.0399. The van der Waals surface area contributed by atoms with Crippen LogP contribution in [0.5, 0.6) is 0 Å². The number of hydrogen-bond acceptors (Lipinski definition) is 5. The van der Waals surface area contributed by atoms with E-state index in [1.54, 1.807) is 6.92 Å². The molecule has 2 fully saturated rings. The fraction of sp³-hybridized carbons (Fsp3) is 0.952. The fourth-order valence-corrected chi connectivity index (χ4v) is 5.01. The molecule has 0 aromatic heterocycles. The van der Waals surface area contributed by atoms with Crippen molar-refractivity contribution in [3.05, 3.63) is 0 Å². The molecule has 2 heterocycles. The summed E-state index contributed by atoms with van der Waals surface area (Å²) in [4.78, 5) is 11.1. The van der Waals surface area contributed by atoms with E-state index in [1.165, 1.54) is 16.5 Å². The molecule has 2 aliphatic heterocycles. The number of hydrogen-bond donors (Lipinski definition) is 2. The van der Waals surface area contributed by atoms with Crippen LogP contribution in [0.25, 0.3) is 0 Å². The Labute approximate surface area is 160 Å². The van der Waals surface area contributed by atoms with Crippen molar-refractivity contribution < 1.29 is 15.2 Å². The molecule has 0 amide bonds. The van der Waals surface area contributed by atoms with E-state index >= 15 is 0 Å². The highest BCUT2D eigenvalue weighted by molar-refractivity contribution is 5.75. The van der Waals surface area contributed by atoms with Gasteiger partial charge in [0.2, 0.25) is 0 Å². The van der Waals surface area contributed by atoms with Gasteiger partial charge in [-0.05, 0) is 100 Å². The van der Waals surface area contributed by atoms with Crippen molar-refractivity contribution in [2.75, 3.05) is 0 Å². The normalized spacial score (nSPS) is 28.1. The van der Waals surface area contributed by atoms with Crippen molar-refractivity contribution in [2.24, 2.45) is 5.92 Å². The molecule has 2 rings (SSSR count). The van der Waals surface area contributed by atoms with Gasteiger partial charge < -0.3 is 15.2 Å². The summed E-state index contributed by atoms with van der Waals surface area (Å²) in [6.07, 6.45) is 5.80. The third kappa shape index (κ3) is 5.75. The van der Waals surface area contributed by atoms with Crippen LogP contribution in [0.1, 0.15) is 101 Å². The van der Waals surface area contributed by atoms with Gasteiger partial charge in [0.1, 0.15) is 5.78 Å². The third-order valence-electron chi connectivity index (χ3n) is 6.02. The molecular formula is C21H42N2O3. The predicted octanol–water partition coefficient (Wildman–Crippen LogP) is 5.04. The van der Waals surface area contributed by atoms with Gasteiger partial charge in [0, 0.05) is 28.6 Å². The number of nitrogens with zero attached hydrogens (tertiary/aromatic N) is 2. The minimum Gasteiger partial charge on any atom is -0.313 e. The van der Waals surface area contributed by atoms with E-state index in [1.807, 2.05) is 27.7 Å². The molecule has 26 heavy (non-hydrogen) atoms. The second-order valence-corrected chi connectivity index (χ2v) is 10.9. The SMILES string of the molecule is CC(=O)CC1CC(C)(C)N(O)C(C)(C)C1.CC1(C)CCCC(C)(C)N1O. The van der Waals surface area contributed by atoms with Crippen LogP contribution in [-0.2, 0) is 4.79 Å². The highest BCUT2D eigenvalue weighted by atomic mass is 16.5. The van der Waals surface area contributed by atoms with E-state index in [0.29, 0.717) is 12.3 Å². The number of hydroxylamine groups is 4. The molecule has 0 unspecified atom stereocenters. The van der Waals surface area contributed by atoms with Gasteiger partial charge in [0.15, 0.2) is 0 Å². The quantitative estimate of drug-likeness (QED) is 0.713. The molecule has 0 spiro atoms. The third-order valence-corrected chi connectivity index (χ3v) is 6.02. The van der Waals surface area contributed by atoms with E-state index in [9.17, 15) is 15.2 Å². The summed E-state index contributed by atoms with van der Waals surface area (Å²) in [5, 5.41) is 22.8. The van der Waals surface area contributed by atoms with Crippen LogP contribution in [0.15, 0.2) is 0 Å². The maximum Gasteiger partial charge on any atom is 0.130 e. The van der Waals surface area contributed by atoms with Gasteiger partial charge in [-0.25, -0.2) is 0 Å². The highest BCUT2D eigenvalue weighted by Gasteiger charge is 2.45. The lowest BCUT2D eigenvalue weighted by Gasteiger charge is -2.51. The van der Waals surface area contributed by atoms with Crippen LogP contribution >= 0.6 is 0 Å². The van der Waals surface area contributed by atoms with E-state index in [2.05, 4.69) is 27.7 Å². The lowest BCUT2D eigenvalue weighted by atomic mass is 9.74. The molecule has 0 aromatic rings. The van der Waals surface area contributed by atoms with E-state index in [4.69, 9.17) is 0 Å². The second kappa shape index (κ2) is 7.86. The van der Waals surface area contributed by atoms with Gasteiger partial charge in [-0.3, -0.25) is 0 Å². The van der Waals surface area contributed by atoms with Crippen LogP contribution in [0.2, 0.25) is 0 Å². The Morgan fingerprint density at radius 1 is 0.808 bits per heavy atom. The molecule has 0 bridgehead atoms. The summed E-state index contributed by atoms with van der Waals surface area (Å²) in [5.74, 6) is 0.647. The Balaban J connectivity index is 0.000000273. The molecule has 2 N–H and O–H groups in total. The smallest absolute Gasteiger partial charge is 0.130 e. The zero-order chi connectivity index (χ0) is 20.6. The first-order valence-electron chi connectivity index (χ1n) is 9.99. The first-order chi connectivity index (χ1) is 11.5. The van der Waals surface area contributed by atoms with Crippen LogP contribution < -0.4 is 0 Å². The molecular weight excluding hydrogens is 328 g/mol. The summed E-state index contributed by atoms with van der Waals surface area (Å²) >= 11 is 0. The lowest BCUT2D eigenvalue weighted by Crippen LogP contribution is -2.59. The highest BCUT2D eigenvalue weighted by Crippen LogP contribution is 2.41. The summed E-state index contributed by atoms with van der Waals surface area (Å²) in [6.45, 7) is 18.1. The van der Waals surface area contributed by atoms with E-state index in [-0.39, 0.29) is 27.9 Å². The molecule has 0 aliphatic carbocycles. The van der Waals surface area contributed by atoms with Gasteiger partial charge in [-0.15, -0.1) is 0 Å². The first kappa shape index (κ1) is 23.5. The monoisotopic (exact) mass is 370 g/mol. The van der Waals surface area contributed by atoms with Crippen LogP contribution in [0.3, 0.4) is 0 Å². The molecule has 0 radical (unpaired) electrons. The molecule has 154 valence electrons. The maximum atomic E-state index is 11.1. The Bertz CT molecular complexity index is 463. The Kier molecular flexibility index (Phi) is 7.12. The van der Waals surface area contributed by atoms with E-state index in [0.717, 1.165) is 25.7 Å². The van der Waals surface area contributed by atoms with Crippen molar-refractivity contribution in [2.45, 2.75) is 123 Å². The molecule has 0 aromatic carbocycles. The molecule has 0 atom stereocenters. The number of piperidine rings is 2. The largest absolute Gasteiger partial charge is 0.313 e. The molecule has 5 nitrogen and oxygen atoms in total. The lowest BCUT2D eigenvalue weighted by molar-refractivity contribution is -0.251. The van der Waals surface area contributed by atoms with Crippen LogP contribution in [0.4, 0.5) is 0 Å². The number of Topliss-reactive ketones (excluding diaryl/α,β-unsaturated/α-hetero) is 1. The average Bonchev–Trinajstić information content (AvgIpc) is 2.41. The molecule has 5 heteroatoms. The van der Waals surface area contributed by atoms with Crippen molar-refractivity contribution in [1.29, 1.82) is 0 Å². The molecule has 2 aliphatic rings. The number of carbonyl (C=O) groups is 1. The summed E-state index contributed by atoms with van der Waals surface area (Å²) in [5.41, 5.74) is -0.548. The second-order valence-electron chi connectivity index (χ2n) is 10.9. The van der Waals surface area contributed by atoms with Crippen molar-refractivity contribution in [3.8, 4) is 0 Å². The zero-order valence-electron chi connectivity index (χ0n) is 18.5. The number of ketones is 1. The summed E-state index contributed by atoms with van der Waals surface area (Å²) in [7, 11) is 0. The predicted molar refractivity (Wildman–Crippen MR) is 105 cm³/mol. The van der Waals surface area contributed by atoms with Crippen molar-refractivity contribution >= 4 is 5.78 Å². The van der Waals surface area contributed by atoms with Gasteiger partial charge >= 0.3 is 0 Å². The minimum atomic E-state index is -0.234. The standard InChI is InChI=1S/C12H23NO2.C9H19NO/c1-9(14)6-10-7-11(2,3)13(15)12(4,5)8-10;1-8(2)6-5-7-9(3,4)10(8)11/h10,15H,6-8H2,1-5H3;11H,5-7H2,1-4H3. The van der Waals surface area contributed by atoms with Crippen LogP contribution in [-0.4, -0.2) is 48.5 Å². The Hall–Kier alpha value is -0.490.